The predicted octanol–water partition coefficient (Wildman–Crippen LogP) is 2.05. The Labute approximate surface area is 87.6 Å². The van der Waals surface area contributed by atoms with Gasteiger partial charge < -0.3 is 5.11 Å². The van der Waals surface area contributed by atoms with E-state index in [-0.39, 0.29) is 6.10 Å². The van der Waals surface area contributed by atoms with Crippen LogP contribution in [0.2, 0.25) is 0 Å². The lowest BCUT2D eigenvalue weighted by molar-refractivity contribution is 0.0755. The topological polar surface area (TPSA) is 23.5 Å². The van der Waals surface area contributed by atoms with Crippen LogP contribution in [0.25, 0.3) is 0 Å². The summed E-state index contributed by atoms with van der Waals surface area (Å²) in [7, 11) is 0. The molecule has 1 saturated heterocycles. The second kappa shape index (κ2) is 5.52. The number of rotatable bonds is 3. The van der Waals surface area contributed by atoms with E-state index in [1.165, 1.54) is 5.57 Å². The lowest BCUT2D eigenvalue weighted by Gasteiger charge is -2.32. The number of hydrogen-bond acceptors (Lipinski definition) is 2. The average molecular weight is 197 g/mol. The van der Waals surface area contributed by atoms with Crippen molar-refractivity contribution < 1.29 is 5.11 Å². The van der Waals surface area contributed by atoms with Crippen LogP contribution in [0, 0.1) is 5.92 Å². The molecule has 0 aromatic carbocycles. The van der Waals surface area contributed by atoms with Crippen molar-refractivity contribution in [2.75, 3.05) is 19.6 Å². The van der Waals surface area contributed by atoms with Crippen LogP contribution < -0.4 is 0 Å². The highest BCUT2D eigenvalue weighted by Crippen LogP contribution is 2.20. The van der Waals surface area contributed by atoms with Gasteiger partial charge >= 0.3 is 0 Å². The maximum atomic E-state index is 9.45. The van der Waals surface area contributed by atoms with E-state index < -0.39 is 0 Å². The molecular weight excluding hydrogens is 174 g/mol. The fraction of sp³-hybridized carbons (Fsp3) is 0.833. The summed E-state index contributed by atoms with van der Waals surface area (Å²) in [4.78, 5) is 2.46. The SMILES string of the molecule is CC(C)=CCN1CCC(C(C)O)CC1. The Bertz CT molecular complexity index is 186. The van der Waals surface area contributed by atoms with Gasteiger partial charge in [0.2, 0.25) is 0 Å². The number of likely N-dealkylation sites (tertiary alicyclic amines) is 1. The monoisotopic (exact) mass is 197 g/mol. The Kier molecular flexibility index (Phi) is 4.63. The summed E-state index contributed by atoms with van der Waals surface area (Å²) >= 11 is 0. The minimum Gasteiger partial charge on any atom is -0.393 e. The van der Waals surface area contributed by atoms with E-state index >= 15 is 0 Å². The van der Waals surface area contributed by atoms with E-state index in [9.17, 15) is 5.11 Å². The fourth-order valence-electron chi connectivity index (χ4n) is 1.93. The number of nitrogens with zero attached hydrogens (tertiary/aromatic N) is 1. The molecule has 2 heteroatoms. The maximum Gasteiger partial charge on any atom is 0.0541 e. The third kappa shape index (κ3) is 3.81. The van der Waals surface area contributed by atoms with Gasteiger partial charge in [0.25, 0.3) is 0 Å². The van der Waals surface area contributed by atoms with Crippen molar-refractivity contribution in [2.24, 2.45) is 5.92 Å². The van der Waals surface area contributed by atoms with Crippen molar-refractivity contribution in [3.05, 3.63) is 11.6 Å². The summed E-state index contributed by atoms with van der Waals surface area (Å²) in [6, 6.07) is 0. The number of hydrogen-bond donors (Lipinski definition) is 1. The van der Waals surface area contributed by atoms with Gasteiger partial charge in [0.05, 0.1) is 6.10 Å². The molecule has 0 aromatic rings. The van der Waals surface area contributed by atoms with Crippen molar-refractivity contribution in [2.45, 2.75) is 39.7 Å². The normalized spacial score (nSPS) is 22.0. The molecular formula is C12H23NO. The van der Waals surface area contributed by atoms with Gasteiger partial charge in [-0.3, -0.25) is 4.90 Å². The van der Waals surface area contributed by atoms with Crippen LogP contribution in [0.3, 0.4) is 0 Å². The fourth-order valence-corrected chi connectivity index (χ4v) is 1.93. The molecule has 1 aliphatic heterocycles. The largest absolute Gasteiger partial charge is 0.393 e. The molecule has 1 heterocycles. The molecule has 0 bridgehead atoms. The smallest absolute Gasteiger partial charge is 0.0541 e. The minimum absolute atomic E-state index is 0.124. The molecule has 0 aliphatic carbocycles. The number of aliphatic hydroxyl groups is 1. The highest BCUT2D eigenvalue weighted by molar-refractivity contribution is 4.95. The van der Waals surface area contributed by atoms with E-state index in [1.807, 2.05) is 6.92 Å². The van der Waals surface area contributed by atoms with E-state index in [1.54, 1.807) is 0 Å². The molecule has 82 valence electrons. The number of allylic oxidation sites excluding steroid dienone is 1. The molecule has 0 radical (unpaired) electrons. The standard InChI is InChI=1S/C12H23NO/c1-10(2)4-7-13-8-5-12(6-9-13)11(3)14/h4,11-12,14H,5-9H2,1-3H3. The van der Waals surface area contributed by atoms with Crippen molar-refractivity contribution in [3.63, 3.8) is 0 Å². The molecule has 0 saturated carbocycles. The van der Waals surface area contributed by atoms with Crippen LogP contribution in [0.5, 0.6) is 0 Å². The quantitative estimate of drug-likeness (QED) is 0.700. The van der Waals surface area contributed by atoms with Crippen molar-refractivity contribution in [1.29, 1.82) is 0 Å². The third-order valence-electron chi connectivity index (χ3n) is 3.07. The summed E-state index contributed by atoms with van der Waals surface area (Å²) < 4.78 is 0. The Hall–Kier alpha value is -0.340. The zero-order valence-electron chi connectivity index (χ0n) is 9.66. The second-order valence-corrected chi connectivity index (χ2v) is 4.66. The van der Waals surface area contributed by atoms with Gasteiger partial charge in [-0.25, -0.2) is 0 Å². The molecule has 1 fully saturated rings. The van der Waals surface area contributed by atoms with Crippen molar-refractivity contribution in [3.8, 4) is 0 Å². The molecule has 0 amide bonds. The van der Waals surface area contributed by atoms with E-state index in [0.29, 0.717) is 5.92 Å². The summed E-state index contributed by atoms with van der Waals surface area (Å²) in [5, 5.41) is 9.45. The molecule has 1 aliphatic rings. The first-order valence-corrected chi connectivity index (χ1v) is 5.63. The van der Waals surface area contributed by atoms with Crippen LogP contribution in [0.4, 0.5) is 0 Å². The lowest BCUT2D eigenvalue weighted by atomic mass is 9.92. The molecule has 0 aromatic heterocycles. The Morgan fingerprint density at radius 2 is 2.00 bits per heavy atom. The van der Waals surface area contributed by atoms with E-state index in [2.05, 4.69) is 24.8 Å². The Morgan fingerprint density at radius 3 is 2.43 bits per heavy atom. The first kappa shape index (κ1) is 11.7. The predicted molar refractivity (Wildman–Crippen MR) is 60.3 cm³/mol. The molecule has 1 unspecified atom stereocenters. The minimum atomic E-state index is -0.124. The van der Waals surface area contributed by atoms with Gasteiger partial charge in [-0.1, -0.05) is 11.6 Å². The number of piperidine rings is 1. The van der Waals surface area contributed by atoms with Gasteiger partial charge in [-0.15, -0.1) is 0 Å². The van der Waals surface area contributed by atoms with Gasteiger partial charge in [0.15, 0.2) is 0 Å². The third-order valence-corrected chi connectivity index (χ3v) is 3.07. The van der Waals surface area contributed by atoms with Crippen LogP contribution in [0.15, 0.2) is 11.6 Å². The molecule has 1 N–H and O–H groups in total. The summed E-state index contributed by atoms with van der Waals surface area (Å²) in [5.74, 6) is 0.526. The Balaban J connectivity index is 2.25. The molecule has 2 nitrogen and oxygen atoms in total. The van der Waals surface area contributed by atoms with Crippen LogP contribution >= 0.6 is 0 Å². The zero-order chi connectivity index (χ0) is 10.6. The van der Waals surface area contributed by atoms with Gasteiger partial charge in [-0.2, -0.15) is 0 Å². The molecule has 1 atom stereocenters. The van der Waals surface area contributed by atoms with Crippen molar-refractivity contribution >= 4 is 0 Å². The lowest BCUT2D eigenvalue weighted by Crippen LogP contribution is -2.37. The highest BCUT2D eigenvalue weighted by Gasteiger charge is 2.21. The highest BCUT2D eigenvalue weighted by atomic mass is 16.3. The van der Waals surface area contributed by atoms with Crippen molar-refractivity contribution in [1.82, 2.24) is 4.90 Å². The van der Waals surface area contributed by atoms with Crippen LogP contribution in [-0.2, 0) is 0 Å². The average Bonchev–Trinajstić information content (AvgIpc) is 2.15. The maximum absolute atomic E-state index is 9.45. The summed E-state index contributed by atoms with van der Waals surface area (Å²) in [6.45, 7) is 9.55. The first-order chi connectivity index (χ1) is 6.59. The second-order valence-electron chi connectivity index (χ2n) is 4.66. The van der Waals surface area contributed by atoms with E-state index in [4.69, 9.17) is 0 Å². The van der Waals surface area contributed by atoms with Crippen LogP contribution in [-0.4, -0.2) is 35.7 Å². The number of aliphatic hydroxyl groups excluding tert-OH is 1. The molecule has 1 rings (SSSR count). The van der Waals surface area contributed by atoms with Crippen LogP contribution in [0.1, 0.15) is 33.6 Å². The molecule has 14 heavy (non-hydrogen) atoms. The molecule has 0 spiro atoms. The Morgan fingerprint density at radius 1 is 1.43 bits per heavy atom. The first-order valence-electron chi connectivity index (χ1n) is 5.63. The van der Waals surface area contributed by atoms with Gasteiger partial charge in [0.1, 0.15) is 0 Å². The summed E-state index contributed by atoms with van der Waals surface area (Å²) in [6.07, 6.45) is 4.45. The van der Waals surface area contributed by atoms with E-state index in [0.717, 1.165) is 32.5 Å². The van der Waals surface area contributed by atoms with Gasteiger partial charge in [0, 0.05) is 6.54 Å². The summed E-state index contributed by atoms with van der Waals surface area (Å²) in [5.41, 5.74) is 1.39. The zero-order valence-corrected chi connectivity index (χ0v) is 9.66. The van der Waals surface area contributed by atoms with Gasteiger partial charge in [-0.05, 0) is 52.6 Å².